The summed E-state index contributed by atoms with van der Waals surface area (Å²) < 4.78 is 22.3. The molecule has 1 amide bonds. The number of aliphatic hydroxyl groups is 1. The molecular weight excluding hydrogens is 474 g/mol. The molecule has 0 aromatic heterocycles. The molecule has 0 radical (unpaired) electrons. The van der Waals surface area contributed by atoms with E-state index < -0.39 is 5.54 Å². The number of fused-ring (bicyclic) bond motifs is 1. The van der Waals surface area contributed by atoms with Crippen LogP contribution in [0.1, 0.15) is 23.1 Å². The van der Waals surface area contributed by atoms with Crippen LogP contribution in [0.5, 0.6) is 17.2 Å². The Kier molecular flexibility index (Phi) is 7.53. The van der Waals surface area contributed by atoms with Gasteiger partial charge >= 0.3 is 0 Å². The average molecular weight is 504 g/mol. The number of carbonyl (C=O) groups excluding carboxylic acids is 1. The highest BCUT2D eigenvalue weighted by molar-refractivity contribution is 6.00. The number of aliphatic imine (C=N–C) groups is 1. The number of rotatable bonds is 11. The van der Waals surface area contributed by atoms with Crippen molar-refractivity contribution in [2.24, 2.45) is 4.99 Å². The van der Waals surface area contributed by atoms with E-state index in [9.17, 15) is 4.79 Å². The molecule has 2 heterocycles. The molecule has 1 atom stereocenters. The summed E-state index contributed by atoms with van der Waals surface area (Å²) >= 11 is 0. The van der Waals surface area contributed by atoms with E-state index in [-0.39, 0.29) is 25.9 Å². The van der Waals surface area contributed by atoms with Crippen LogP contribution in [0, 0.1) is 0 Å². The van der Waals surface area contributed by atoms with E-state index in [0.29, 0.717) is 49.1 Å². The lowest BCUT2D eigenvalue weighted by molar-refractivity contribution is -0.127. The number of hydrogen-bond donors (Lipinski definition) is 3. The highest BCUT2D eigenvalue weighted by Crippen LogP contribution is 2.32. The number of nitrogens with one attached hydrogen (secondary N) is 2. The summed E-state index contributed by atoms with van der Waals surface area (Å²) in [5, 5.41) is 8.92. The Morgan fingerprint density at radius 2 is 1.78 bits per heavy atom. The maximum Gasteiger partial charge on any atom is 0.266 e. The molecule has 0 saturated carbocycles. The molecule has 9 heteroatoms. The second-order valence-electron chi connectivity index (χ2n) is 8.84. The molecule has 192 valence electrons. The predicted octanol–water partition coefficient (Wildman–Crippen LogP) is 2.76. The summed E-state index contributed by atoms with van der Waals surface area (Å²) in [6.45, 7) is 1.25. The molecule has 2 aliphatic rings. The SMILES string of the molecule is O=C(NNCc1ccc2c(c1)OCO2)[C@]1(Cc2ccccc2)COC(c2ccc(OCCCO)cc2)=N1. The Bertz CT molecular complexity index is 1250. The Labute approximate surface area is 215 Å². The summed E-state index contributed by atoms with van der Waals surface area (Å²) in [5.74, 6) is 2.22. The van der Waals surface area contributed by atoms with E-state index in [1.54, 1.807) is 0 Å². The highest BCUT2D eigenvalue weighted by Gasteiger charge is 2.44. The molecule has 5 rings (SSSR count). The number of nitrogens with zero attached hydrogens (tertiary/aromatic N) is 1. The van der Waals surface area contributed by atoms with E-state index in [1.807, 2.05) is 72.8 Å². The maximum atomic E-state index is 13.5. The lowest BCUT2D eigenvalue weighted by atomic mass is 9.91. The zero-order valence-electron chi connectivity index (χ0n) is 20.3. The number of carbonyl (C=O) groups is 1. The van der Waals surface area contributed by atoms with Crippen LogP contribution in [0.3, 0.4) is 0 Å². The first-order valence-electron chi connectivity index (χ1n) is 12.2. The first-order valence-corrected chi connectivity index (χ1v) is 12.2. The van der Waals surface area contributed by atoms with Gasteiger partial charge in [0, 0.05) is 31.6 Å². The molecule has 2 aliphatic heterocycles. The van der Waals surface area contributed by atoms with E-state index >= 15 is 0 Å². The minimum Gasteiger partial charge on any atom is -0.494 e. The molecule has 37 heavy (non-hydrogen) atoms. The molecule has 3 aromatic carbocycles. The molecule has 3 aromatic rings. The molecule has 0 bridgehead atoms. The van der Waals surface area contributed by atoms with Crippen molar-refractivity contribution in [3.05, 3.63) is 89.5 Å². The van der Waals surface area contributed by atoms with Crippen molar-refractivity contribution >= 4 is 11.8 Å². The van der Waals surface area contributed by atoms with Gasteiger partial charge in [-0.15, -0.1) is 0 Å². The Hall–Kier alpha value is -4.08. The largest absolute Gasteiger partial charge is 0.494 e. The summed E-state index contributed by atoms with van der Waals surface area (Å²) in [5.41, 5.74) is 7.38. The van der Waals surface area contributed by atoms with Crippen LogP contribution in [0.4, 0.5) is 0 Å². The maximum absolute atomic E-state index is 13.5. The van der Waals surface area contributed by atoms with Crippen molar-refractivity contribution in [3.8, 4) is 17.2 Å². The van der Waals surface area contributed by atoms with E-state index in [1.165, 1.54) is 0 Å². The van der Waals surface area contributed by atoms with E-state index in [0.717, 1.165) is 16.7 Å². The van der Waals surface area contributed by atoms with Gasteiger partial charge < -0.3 is 24.1 Å². The summed E-state index contributed by atoms with van der Waals surface area (Å²) in [7, 11) is 0. The Morgan fingerprint density at radius 3 is 2.59 bits per heavy atom. The zero-order valence-corrected chi connectivity index (χ0v) is 20.3. The van der Waals surface area contributed by atoms with Crippen LogP contribution in [0.2, 0.25) is 0 Å². The van der Waals surface area contributed by atoms with Crippen LogP contribution in [-0.4, -0.2) is 49.1 Å². The van der Waals surface area contributed by atoms with Crippen molar-refractivity contribution in [1.29, 1.82) is 0 Å². The number of hydrogen-bond acceptors (Lipinski definition) is 8. The fraction of sp³-hybridized carbons (Fsp3) is 0.286. The van der Waals surface area contributed by atoms with E-state index in [2.05, 4.69) is 10.9 Å². The molecule has 9 nitrogen and oxygen atoms in total. The van der Waals surface area contributed by atoms with Crippen molar-refractivity contribution in [3.63, 3.8) is 0 Å². The van der Waals surface area contributed by atoms with Gasteiger partial charge in [-0.2, -0.15) is 0 Å². The van der Waals surface area contributed by atoms with Crippen molar-refractivity contribution < 1.29 is 28.8 Å². The average Bonchev–Trinajstić information content (AvgIpc) is 3.58. The molecule has 0 spiro atoms. The molecule has 3 N–H and O–H groups in total. The van der Waals surface area contributed by atoms with Gasteiger partial charge in [-0.1, -0.05) is 36.4 Å². The van der Waals surface area contributed by atoms with Crippen LogP contribution in [0.15, 0.2) is 77.8 Å². The number of aliphatic hydroxyl groups excluding tert-OH is 1. The zero-order chi connectivity index (χ0) is 25.5. The highest BCUT2D eigenvalue weighted by atomic mass is 16.7. The molecular formula is C28H29N3O6. The number of amides is 1. The Morgan fingerprint density at radius 1 is 0.973 bits per heavy atom. The lowest BCUT2D eigenvalue weighted by Gasteiger charge is -2.23. The number of hydrazine groups is 1. The Balaban J connectivity index is 1.29. The van der Waals surface area contributed by atoms with Gasteiger partial charge in [-0.3, -0.25) is 10.2 Å². The van der Waals surface area contributed by atoms with Gasteiger partial charge in [0.05, 0.1) is 6.61 Å². The number of benzene rings is 3. The third-order valence-corrected chi connectivity index (χ3v) is 6.13. The minimum absolute atomic E-state index is 0.0832. The number of ether oxygens (including phenoxy) is 4. The first-order chi connectivity index (χ1) is 18.1. The fourth-order valence-electron chi connectivity index (χ4n) is 4.16. The first kappa shape index (κ1) is 24.6. The van der Waals surface area contributed by atoms with Crippen molar-refractivity contribution in [2.45, 2.75) is 24.9 Å². The lowest BCUT2D eigenvalue weighted by Crippen LogP contribution is -2.52. The third-order valence-electron chi connectivity index (χ3n) is 6.13. The summed E-state index contributed by atoms with van der Waals surface area (Å²) in [6, 6.07) is 22.8. The second kappa shape index (κ2) is 11.3. The fourth-order valence-corrected chi connectivity index (χ4v) is 4.16. The van der Waals surface area contributed by atoms with Gasteiger partial charge in [0.1, 0.15) is 12.4 Å². The van der Waals surface area contributed by atoms with Crippen LogP contribution in [-0.2, 0) is 22.5 Å². The monoisotopic (exact) mass is 503 g/mol. The predicted molar refractivity (Wildman–Crippen MR) is 137 cm³/mol. The third kappa shape index (κ3) is 5.84. The van der Waals surface area contributed by atoms with Crippen LogP contribution < -0.4 is 25.1 Å². The minimum atomic E-state index is -1.13. The summed E-state index contributed by atoms with van der Waals surface area (Å²) in [4.78, 5) is 18.3. The smallest absolute Gasteiger partial charge is 0.266 e. The van der Waals surface area contributed by atoms with Crippen LogP contribution >= 0.6 is 0 Å². The molecule has 0 saturated heterocycles. The van der Waals surface area contributed by atoms with Crippen molar-refractivity contribution in [1.82, 2.24) is 10.9 Å². The quantitative estimate of drug-likeness (QED) is 0.273. The van der Waals surface area contributed by atoms with Gasteiger partial charge in [-0.25, -0.2) is 10.4 Å². The molecule has 0 aliphatic carbocycles. The topological polar surface area (TPSA) is 111 Å². The van der Waals surface area contributed by atoms with Gasteiger partial charge in [-0.05, 0) is 47.5 Å². The van der Waals surface area contributed by atoms with E-state index in [4.69, 9.17) is 29.0 Å². The standard InChI is InChI=1S/C28H29N3O6/c32-13-4-14-34-23-10-8-22(9-11-23)26-30-28(18-35-26,16-20-5-2-1-3-6-20)27(33)31-29-17-21-7-12-24-25(15-21)37-19-36-24/h1-3,5-12,15,29,32H,4,13-14,16-19H2,(H,31,33)/t28-/m0/s1. The van der Waals surface area contributed by atoms with Crippen molar-refractivity contribution in [2.75, 3.05) is 26.6 Å². The van der Waals surface area contributed by atoms with Gasteiger partial charge in [0.15, 0.2) is 17.0 Å². The second-order valence-corrected chi connectivity index (χ2v) is 8.84. The molecule has 0 unspecified atom stereocenters. The van der Waals surface area contributed by atoms with Gasteiger partial charge in [0.25, 0.3) is 5.91 Å². The van der Waals surface area contributed by atoms with Gasteiger partial charge in [0.2, 0.25) is 12.7 Å². The molecule has 0 fully saturated rings. The normalized spacial score (nSPS) is 17.7. The summed E-state index contributed by atoms with van der Waals surface area (Å²) in [6.07, 6.45) is 0.953. The van der Waals surface area contributed by atoms with Crippen LogP contribution in [0.25, 0.3) is 0 Å².